The van der Waals surface area contributed by atoms with E-state index in [9.17, 15) is 19.2 Å². The number of hydrogen-bond acceptors (Lipinski definition) is 14. The summed E-state index contributed by atoms with van der Waals surface area (Å²) in [5.74, 6) is 0. The first-order valence-corrected chi connectivity index (χ1v) is 20.5. The standard InChI is InChI=1S/2C23H14N3O4S.Ni/c2*1-13(16-10-14-6-2-4-8-19(14)29-21(16)27)25-26-23-24-18(12-31-23)17-11-15-7-3-5-9-20(15)30-22(17)28;/h2*2-12H,1H3;/q2*-1;+2/b2*25-13+;. The van der Waals surface area contributed by atoms with Gasteiger partial charge < -0.3 is 38.5 Å². The van der Waals surface area contributed by atoms with Crippen molar-refractivity contribution in [3.63, 3.8) is 0 Å². The predicted octanol–water partition coefficient (Wildman–Crippen LogP) is 10.9. The number of aromatic nitrogens is 2. The first kappa shape index (κ1) is 42.1. The maximum atomic E-state index is 12.3. The van der Waals surface area contributed by atoms with E-state index in [4.69, 9.17) is 17.7 Å². The second-order valence-corrected chi connectivity index (χ2v) is 15.2. The zero-order valence-corrected chi connectivity index (χ0v) is 35.4. The Kier molecular flexibility index (Phi) is 12.2. The monoisotopic (exact) mass is 914 g/mol. The Hall–Kier alpha value is -7.59. The molecule has 4 aromatic carbocycles. The van der Waals surface area contributed by atoms with Gasteiger partial charge in [0.25, 0.3) is 0 Å². The zero-order chi connectivity index (χ0) is 42.7. The van der Waals surface area contributed by atoms with Gasteiger partial charge in [0, 0.05) is 31.8 Å². The topological polar surface area (TPSA) is 200 Å². The molecule has 10 aromatic rings. The molecule has 0 aliphatic rings. The molecule has 312 valence electrons. The number of para-hydroxylation sites is 4. The largest absolute Gasteiger partial charge is 2.00 e. The smallest absolute Gasteiger partial charge is 0.425 e. The molecule has 0 atom stereocenters. The second-order valence-electron chi connectivity index (χ2n) is 13.5. The average Bonchev–Trinajstić information content (AvgIpc) is 3.97. The molecular weight excluding hydrogens is 887 g/mol. The summed E-state index contributed by atoms with van der Waals surface area (Å²) in [7, 11) is 0. The van der Waals surface area contributed by atoms with Gasteiger partial charge in [0.1, 0.15) is 22.3 Å². The molecule has 14 nitrogen and oxygen atoms in total. The summed E-state index contributed by atoms with van der Waals surface area (Å²) in [4.78, 5) is 57.9. The summed E-state index contributed by atoms with van der Waals surface area (Å²) in [6.07, 6.45) is 0. The quantitative estimate of drug-likeness (QED) is 0.0611. The van der Waals surface area contributed by atoms with Crippen LogP contribution in [0.5, 0.6) is 0 Å². The number of fused-ring (bicyclic) bond motifs is 4. The van der Waals surface area contributed by atoms with Crippen molar-refractivity contribution in [1.82, 2.24) is 9.97 Å². The molecule has 0 aliphatic heterocycles. The van der Waals surface area contributed by atoms with Crippen molar-refractivity contribution in [3.8, 4) is 22.5 Å². The Labute approximate surface area is 372 Å². The van der Waals surface area contributed by atoms with Crippen LogP contribution in [0.15, 0.2) is 179 Å². The van der Waals surface area contributed by atoms with E-state index < -0.39 is 22.5 Å². The molecule has 0 N–H and O–H groups in total. The number of benzene rings is 4. The van der Waals surface area contributed by atoms with E-state index in [0.29, 0.717) is 77.7 Å². The van der Waals surface area contributed by atoms with Crippen molar-refractivity contribution in [2.45, 2.75) is 13.8 Å². The fourth-order valence-electron chi connectivity index (χ4n) is 6.32. The Morgan fingerprint density at radius 1 is 0.476 bits per heavy atom. The third kappa shape index (κ3) is 9.07. The minimum absolute atomic E-state index is 0. The summed E-state index contributed by atoms with van der Waals surface area (Å²) in [6, 6.07) is 36.0. The first-order valence-electron chi connectivity index (χ1n) is 18.7. The van der Waals surface area contributed by atoms with E-state index >= 15 is 0 Å². The van der Waals surface area contributed by atoms with Crippen LogP contribution in [0.4, 0.5) is 10.3 Å². The Bertz CT molecular complexity index is 3410. The third-order valence-electron chi connectivity index (χ3n) is 9.45. The van der Waals surface area contributed by atoms with Crippen LogP contribution >= 0.6 is 22.7 Å². The molecule has 0 amide bonds. The Morgan fingerprint density at radius 2 is 0.794 bits per heavy atom. The normalized spacial score (nSPS) is 11.7. The Balaban J connectivity index is 0.000000170. The minimum Gasteiger partial charge on any atom is -0.425 e. The molecule has 0 saturated carbocycles. The van der Waals surface area contributed by atoms with Crippen LogP contribution in [0.25, 0.3) is 77.2 Å². The molecule has 6 heterocycles. The van der Waals surface area contributed by atoms with E-state index in [2.05, 4.69) is 31.0 Å². The van der Waals surface area contributed by atoms with E-state index in [1.165, 1.54) is 22.7 Å². The number of rotatable bonds is 8. The van der Waals surface area contributed by atoms with Gasteiger partial charge in [0.15, 0.2) is 0 Å². The molecule has 0 radical (unpaired) electrons. The van der Waals surface area contributed by atoms with Crippen LogP contribution in [-0.4, -0.2) is 21.4 Å². The van der Waals surface area contributed by atoms with Crippen molar-refractivity contribution < 1.29 is 34.2 Å². The van der Waals surface area contributed by atoms with Crippen LogP contribution in [-0.2, 0) is 16.5 Å². The van der Waals surface area contributed by atoms with Crippen LogP contribution in [0.1, 0.15) is 25.0 Å². The summed E-state index contributed by atoms with van der Waals surface area (Å²) in [6.45, 7) is 3.36. The second kappa shape index (κ2) is 18.2. The summed E-state index contributed by atoms with van der Waals surface area (Å²) < 4.78 is 21.4. The van der Waals surface area contributed by atoms with Gasteiger partial charge in [-0.05, 0) is 84.5 Å². The molecule has 0 saturated heterocycles. The number of thiazole rings is 2. The fraction of sp³-hybridized carbons (Fsp3) is 0.0435. The molecule has 0 unspecified atom stereocenters. The van der Waals surface area contributed by atoms with Gasteiger partial charge in [-0.1, -0.05) is 72.8 Å². The molecule has 6 aromatic heterocycles. The van der Waals surface area contributed by atoms with Crippen molar-refractivity contribution in [2.24, 2.45) is 10.2 Å². The summed E-state index contributed by atoms with van der Waals surface area (Å²) in [5, 5.41) is 15.6. The summed E-state index contributed by atoms with van der Waals surface area (Å²) in [5.41, 5.74) is 11.5. The zero-order valence-electron chi connectivity index (χ0n) is 32.8. The van der Waals surface area contributed by atoms with Gasteiger partial charge in [-0.2, -0.15) is 22.7 Å². The summed E-state index contributed by atoms with van der Waals surface area (Å²) >= 11 is 2.47. The molecule has 0 fully saturated rings. The SMILES string of the molecule is C/C(=N\[N-]c1nc(-c2cc3ccccc3oc2=O)cs1)c1cc2ccccc2oc1=O.C/C(=N\[N-]c1nc(-c2cc3ccccc3oc2=O)cs1)c1cc2ccccc2oc1=O.[Ni+2]. The third-order valence-corrected chi connectivity index (χ3v) is 10.9. The number of nitrogens with zero attached hydrogens (tertiary/aromatic N) is 6. The van der Waals surface area contributed by atoms with Crippen LogP contribution in [0.2, 0.25) is 0 Å². The van der Waals surface area contributed by atoms with E-state index in [-0.39, 0.29) is 16.5 Å². The van der Waals surface area contributed by atoms with Crippen molar-refractivity contribution in [2.75, 3.05) is 0 Å². The van der Waals surface area contributed by atoms with Crippen molar-refractivity contribution >= 4 is 88.2 Å². The molecule has 0 spiro atoms. The minimum atomic E-state index is -0.483. The van der Waals surface area contributed by atoms with E-state index in [0.717, 1.165) is 21.5 Å². The van der Waals surface area contributed by atoms with E-state index in [1.807, 2.05) is 48.5 Å². The molecule has 63 heavy (non-hydrogen) atoms. The average molecular weight is 916 g/mol. The van der Waals surface area contributed by atoms with Gasteiger partial charge in [-0.25, -0.2) is 19.2 Å². The fourth-order valence-corrected chi connectivity index (χ4v) is 7.59. The van der Waals surface area contributed by atoms with Gasteiger partial charge in [-0.3, -0.25) is 10.2 Å². The van der Waals surface area contributed by atoms with Gasteiger partial charge in [-0.15, -0.1) is 0 Å². The van der Waals surface area contributed by atoms with Gasteiger partial charge in [0.05, 0.1) is 33.7 Å². The molecule has 17 heteroatoms. The van der Waals surface area contributed by atoms with Crippen LogP contribution in [0.3, 0.4) is 0 Å². The van der Waals surface area contributed by atoms with Gasteiger partial charge >= 0.3 is 39.0 Å². The van der Waals surface area contributed by atoms with Gasteiger partial charge in [0.2, 0.25) is 0 Å². The number of hydrogen-bond donors (Lipinski definition) is 0. The van der Waals surface area contributed by atoms with Crippen LogP contribution < -0.4 is 22.5 Å². The van der Waals surface area contributed by atoms with Crippen molar-refractivity contribution in [3.05, 3.63) is 196 Å². The first-order chi connectivity index (χ1) is 30.2. The van der Waals surface area contributed by atoms with Crippen molar-refractivity contribution in [1.29, 1.82) is 0 Å². The van der Waals surface area contributed by atoms with Crippen LogP contribution in [0, 0.1) is 0 Å². The van der Waals surface area contributed by atoms with E-state index in [1.54, 1.807) is 97.4 Å². The molecule has 0 aliphatic carbocycles. The maximum absolute atomic E-state index is 12.3. The predicted molar refractivity (Wildman–Crippen MR) is 243 cm³/mol. The maximum Gasteiger partial charge on any atom is 2.00 e. The molecule has 10 rings (SSSR count). The molecular formula is C46H28N6NiO8S2. The molecule has 0 bridgehead atoms. The Morgan fingerprint density at radius 3 is 1.16 bits per heavy atom.